The first-order valence-electron chi connectivity index (χ1n) is 6.87. The topological polar surface area (TPSA) is 41.6 Å². The molecule has 1 atom stereocenters. The van der Waals surface area contributed by atoms with Crippen molar-refractivity contribution < 1.29 is 9.53 Å². The van der Waals surface area contributed by atoms with Crippen molar-refractivity contribution in [2.75, 3.05) is 26.7 Å². The molecule has 4 heteroatoms. The third-order valence-electron chi connectivity index (χ3n) is 3.74. The highest BCUT2D eigenvalue weighted by atomic mass is 16.5. The van der Waals surface area contributed by atoms with E-state index in [4.69, 9.17) is 4.74 Å². The van der Waals surface area contributed by atoms with E-state index >= 15 is 0 Å². The van der Waals surface area contributed by atoms with Crippen molar-refractivity contribution in [3.8, 4) is 0 Å². The van der Waals surface area contributed by atoms with Crippen LogP contribution in [-0.4, -0.2) is 43.7 Å². The highest BCUT2D eigenvalue weighted by Gasteiger charge is 2.22. The van der Waals surface area contributed by atoms with Crippen LogP contribution in [0.25, 0.3) is 0 Å². The molecule has 1 aromatic carbocycles. The van der Waals surface area contributed by atoms with E-state index in [-0.39, 0.29) is 5.97 Å². The van der Waals surface area contributed by atoms with Crippen LogP contribution in [0.2, 0.25) is 0 Å². The maximum absolute atomic E-state index is 11.8. The molecule has 1 aliphatic rings. The Hall–Kier alpha value is -1.39. The summed E-state index contributed by atoms with van der Waals surface area (Å²) in [5, 5.41) is 3.42. The number of rotatable bonds is 4. The minimum Gasteiger partial charge on any atom is -0.465 e. The highest BCUT2D eigenvalue weighted by Crippen LogP contribution is 2.16. The van der Waals surface area contributed by atoms with Crippen LogP contribution >= 0.6 is 0 Å². The van der Waals surface area contributed by atoms with E-state index in [0.717, 1.165) is 38.2 Å². The van der Waals surface area contributed by atoms with Crippen LogP contribution in [0.1, 0.15) is 29.3 Å². The van der Waals surface area contributed by atoms with Gasteiger partial charge in [-0.25, -0.2) is 4.79 Å². The number of hydrogen-bond acceptors (Lipinski definition) is 4. The largest absolute Gasteiger partial charge is 0.465 e. The summed E-state index contributed by atoms with van der Waals surface area (Å²) in [5.74, 6) is -0.251. The summed E-state index contributed by atoms with van der Waals surface area (Å²) in [6.07, 6.45) is 1.12. The van der Waals surface area contributed by atoms with Crippen molar-refractivity contribution in [3.05, 3.63) is 35.4 Å². The fourth-order valence-electron chi connectivity index (χ4n) is 2.60. The molecule has 2 rings (SSSR count). The normalized spacial score (nSPS) is 20.2. The van der Waals surface area contributed by atoms with Crippen LogP contribution in [0.3, 0.4) is 0 Å². The minimum absolute atomic E-state index is 0.251. The molecule has 0 spiro atoms. The molecule has 1 fully saturated rings. The van der Waals surface area contributed by atoms with E-state index in [1.54, 1.807) is 0 Å². The summed E-state index contributed by atoms with van der Waals surface area (Å²) in [7, 11) is 1.43. The Balaban J connectivity index is 2.15. The molecule has 1 aliphatic heterocycles. The lowest BCUT2D eigenvalue weighted by atomic mass is 10.0. The molecule has 0 bridgehead atoms. The number of nitrogens with one attached hydrogen (secondary N) is 1. The van der Waals surface area contributed by atoms with E-state index < -0.39 is 0 Å². The lowest BCUT2D eigenvalue weighted by Gasteiger charge is -2.36. The van der Waals surface area contributed by atoms with Crippen molar-refractivity contribution in [1.82, 2.24) is 10.2 Å². The van der Waals surface area contributed by atoms with Gasteiger partial charge in [0.05, 0.1) is 12.7 Å². The van der Waals surface area contributed by atoms with E-state index in [0.29, 0.717) is 11.6 Å². The number of ether oxygens (including phenoxy) is 1. The standard InChI is InChI=1S/C15H22N2O2/c1-3-13-10-16-8-9-17(13)11-12-6-4-5-7-14(12)15(18)19-2/h4-7,13,16H,3,8-11H2,1-2H3/t13-/m0/s1. The van der Waals surface area contributed by atoms with Gasteiger partial charge in [-0.3, -0.25) is 4.90 Å². The Morgan fingerprint density at radius 3 is 3.00 bits per heavy atom. The maximum Gasteiger partial charge on any atom is 0.338 e. The monoisotopic (exact) mass is 262 g/mol. The molecule has 1 N–H and O–H groups in total. The van der Waals surface area contributed by atoms with Crippen molar-refractivity contribution in [1.29, 1.82) is 0 Å². The second-order valence-corrected chi connectivity index (χ2v) is 4.89. The van der Waals surface area contributed by atoms with E-state index in [2.05, 4.69) is 17.1 Å². The average molecular weight is 262 g/mol. The first kappa shape index (κ1) is 14.0. The lowest BCUT2D eigenvalue weighted by Crippen LogP contribution is -2.50. The zero-order chi connectivity index (χ0) is 13.7. The van der Waals surface area contributed by atoms with Gasteiger partial charge < -0.3 is 10.1 Å². The average Bonchev–Trinajstić information content (AvgIpc) is 2.47. The summed E-state index contributed by atoms with van der Waals surface area (Å²) in [6, 6.07) is 8.25. The molecule has 0 unspecified atom stereocenters. The number of benzene rings is 1. The van der Waals surface area contributed by atoms with Crippen LogP contribution in [0, 0.1) is 0 Å². The molecule has 1 saturated heterocycles. The fraction of sp³-hybridized carbons (Fsp3) is 0.533. The molecule has 0 aromatic heterocycles. The predicted octanol–water partition coefficient (Wildman–Crippen LogP) is 1.66. The van der Waals surface area contributed by atoms with E-state index in [9.17, 15) is 4.79 Å². The molecule has 104 valence electrons. The third kappa shape index (κ3) is 3.33. The summed E-state index contributed by atoms with van der Waals surface area (Å²) in [6.45, 7) is 6.07. The smallest absolute Gasteiger partial charge is 0.338 e. The molecule has 19 heavy (non-hydrogen) atoms. The van der Waals surface area contributed by atoms with Gasteiger partial charge in [-0.2, -0.15) is 0 Å². The van der Waals surface area contributed by atoms with Gasteiger partial charge in [0.15, 0.2) is 0 Å². The number of piperazine rings is 1. The molecule has 0 amide bonds. The van der Waals surface area contributed by atoms with Crippen LogP contribution in [0.4, 0.5) is 0 Å². The first-order chi connectivity index (χ1) is 9.26. The van der Waals surface area contributed by atoms with Crippen molar-refractivity contribution in [2.24, 2.45) is 0 Å². The number of carbonyl (C=O) groups excluding carboxylic acids is 1. The molecule has 4 nitrogen and oxygen atoms in total. The fourth-order valence-corrected chi connectivity index (χ4v) is 2.60. The summed E-state index contributed by atoms with van der Waals surface area (Å²) in [5.41, 5.74) is 1.73. The summed E-state index contributed by atoms with van der Waals surface area (Å²) >= 11 is 0. The Kier molecular flexibility index (Phi) is 4.93. The molecule has 0 aliphatic carbocycles. The Morgan fingerprint density at radius 1 is 1.47 bits per heavy atom. The van der Waals surface area contributed by atoms with Gasteiger partial charge in [0, 0.05) is 32.2 Å². The number of hydrogen-bond donors (Lipinski definition) is 1. The van der Waals surface area contributed by atoms with Crippen molar-refractivity contribution in [2.45, 2.75) is 25.9 Å². The van der Waals surface area contributed by atoms with Gasteiger partial charge in [0.2, 0.25) is 0 Å². The molecule has 1 heterocycles. The third-order valence-corrected chi connectivity index (χ3v) is 3.74. The van der Waals surface area contributed by atoms with Crippen molar-refractivity contribution in [3.63, 3.8) is 0 Å². The predicted molar refractivity (Wildman–Crippen MR) is 75.1 cm³/mol. The van der Waals surface area contributed by atoms with Crippen LogP contribution < -0.4 is 5.32 Å². The van der Waals surface area contributed by atoms with Crippen LogP contribution in [-0.2, 0) is 11.3 Å². The SMILES string of the molecule is CC[C@H]1CNCCN1Cc1ccccc1C(=O)OC. The van der Waals surface area contributed by atoms with E-state index in [1.807, 2.05) is 24.3 Å². The number of methoxy groups -OCH3 is 1. The number of carbonyl (C=O) groups is 1. The zero-order valence-corrected chi connectivity index (χ0v) is 11.7. The lowest BCUT2D eigenvalue weighted by molar-refractivity contribution is 0.0596. The highest BCUT2D eigenvalue weighted by molar-refractivity contribution is 5.90. The van der Waals surface area contributed by atoms with E-state index in [1.165, 1.54) is 7.11 Å². The summed E-state index contributed by atoms with van der Waals surface area (Å²) in [4.78, 5) is 14.2. The van der Waals surface area contributed by atoms with Crippen LogP contribution in [0.15, 0.2) is 24.3 Å². The maximum atomic E-state index is 11.8. The van der Waals surface area contributed by atoms with Crippen LogP contribution in [0.5, 0.6) is 0 Å². The first-order valence-corrected chi connectivity index (χ1v) is 6.87. The second-order valence-electron chi connectivity index (χ2n) is 4.89. The Morgan fingerprint density at radius 2 is 2.26 bits per heavy atom. The van der Waals surface area contributed by atoms with Gasteiger partial charge >= 0.3 is 5.97 Å². The quantitative estimate of drug-likeness (QED) is 0.838. The molecule has 0 saturated carbocycles. The zero-order valence-electron chi connectivity index (χ0n) is 11.7. The Bertz CT molecular complexity index is 434. The minimum atomic E-state index is -0.251. The van der Waals surface area contributed by atoms with Gasteiger partial charge in [-0.15, -0.1) is 0 Å². The Labute approximate surface area is 114 Å². The molecular formula is C15H22N2O2. The molecule has 1 aromatic rings. The summed E-state index contributed by atoms with van der Waals surface area (Å²) < 4.78 is 4.85. The van der Waals surface area contributed by atoms with Gasteiger partial charge in [-0.1, -0.05) is 25.1 Å². The number of esters is 1. The number of nitrogens with zero attached hydrogens (tertiary/aromatic N) is 1. The van der Waals surface area contributed by atoms with Gasteiger partial charge in [0.1, 0.15) is 0 Å². The van der Waals surface area contributed by atoms with Gasteiger partial charge in [0.25, 0.3) is 0 Å². The second kappa shape index (κ2) is 6.68. The molecule has 0 radical (unpaired) electrons. The van der Waals surface area contributed by atoms with Gasteiger partial charge in [-0.05, 0) is 18.1 Å². The molecular weight excluding hydrogens is 240 g/mol. The van der Waals surface area contributed by atoms with Crippen molar-refractivity contribution >= 4 is 5.97 Å².